The van der Waals surface area contributed by atoms with E-state index in [0.29, 0.717) is 5.82 Å². The van der Waals surface area contributed by atoms with Gasteiger partial charge in [0, 0.05) is 12.1 Å². The molecule has 28 heavy (non-hydrogen) atoms. The molecule has 1 aromatic heterocycles. The Morgan fingerprint density at radius 2 is 2.07 bits per heavy atom. The molecule has 2 aromatic rings. The summed E-state index contributed by atoms with van der Waals surface area (Å²) in [6.45, 7) is -0.495. The van der Waals surface area contributed by atoms with Crippen LogP contribution >= 0.6 is 0 Å². The maximum atomic E-state index is 12.2. The van der Waals surface area contributed by atoms with Gasteiger partial charge in [-0.25, -0.2) is 18.2 Å². The molecule has 1 aliphatic rings. The summed E-state index contributed by atoms with van der Waals surface area (Å²) in [4.78, 5) is 22.1. The number of carbonyl (C=O) groups is 1. The number of nitro benzene ring substituents is 1. The highest BCUT2D eigenvalue weighted by atomic mass is 32.2. The molecule has 3 rings (SSSR count). The van der Waals surface area contributed by atoms with E-state index in [1.165, 1.54) is 0 Å². The van der Waals surface area contributed by atoms with Crippen molar-refractivity contribution in [2.45, 2.75) is 36.6 Å². The number of rotatable bonds is 7. The van der Waals surface area contributed by atoms with Crippen LogP contribution < -0.4 is 15.2 Å². The number of ether oxygens (including phenoxy) is 1. The molecule has 1 saturated carbocycles. The molecule has 0 spiro atoms. The van der Waals surface area contributed by atoms with Crippen LogP contribution in [0.2, 0.25) is 0 Å². The first kappa shape index (κ1) is 19.8. The predicted octanol–water partition coefficient (Wildman–Crippen LogP) is 1.57. The normalized spacial score (nSPS) is 14.8. The summed E-state index contributed by atoms with van der Waals surface area (Å²) in [6, 6.07) is 4.86. The van der Waals surface area contributed by atoms with Crippen molar-refractivity contribution < 1.29 is 22.9 Å². The zero-order chi connectivity index (χ0) is 20.3. The van der Waals surface area contributed by atoms with Gasteiger partial charge in [-0.1, -0.05) is 12.8 Å². The Morgan fingerprint density at radius 3 is 2.71 bits per heavy atom. The van der Waals surface area contributed by atoms with Gasteiger partial charge in [-0.15, -0.1) is 0 Å². The number of aromatic nitrogens is 2. The van der Waals surface area contributed by atoms with Crippen LogP contribution in [0.3, 0.4) is 0 Å². The van der Waals surface area contributed by atoms with Gasteiger partial charge in [-0.05, 0) is 25.0 Å². The molecule has 1 heterocycles. The molecule has 0 bridgehead atoms. The first-order valence-corrected chi connectivity index (χ1v) is 10.1. The minimum atomic E-state index is -4.10. The molecule has 11 nitrogen and oxygen atoms in total. The van der Waals surface area contributed by atoms with Crippen molar-refractivity contribution in [3.63, 3.8) is 0 Å². The third kappa shape index (κ3) is 4.46. The Morgan fingerprint density at radius 1 is 1.36 bits per heavy atom. The second-order valence-corrected chi connectivity index (χ2v) is 7.93. The van der Waals surface area contributed by atoms with Crippen LogP contribution in [0.15, 0.2) is 35.4 Å². The molecule has 0 saturated heterocycles. The number of nitrogens with two attached hydrogens (primary N) is 1. The topological polar surface area (TPSA) is 159 Å². The summed E-state index contributed by atoms with van der Waals surface area (Å²) >= 11 is 0. The lowest BCUT2D eigenvalue weighted by atomic mass is 10.2. The second kappa shape index (κ2) is 7.94. The quantitative estimate of drug-likeness (QED) is 0.518. The van der Waals surface area contributed by atoms with Crippen molar-refractivity contribution in [2.75, 3.05) is 11.9 Å². The van der Waals surface area contributed by atoms with Crippen molar-refractivity contribution in [3.8, 4) is 5.75 Å². The summed E-state index contributed by atoms with van der Waals surface area (Å²) in [5, 5.41) is 23.1. The Labute approximate surface area is 160 Å². The minimum Gasteiger partial charge on any atom is -0.477 e. The Kier molecular flexibility index (Phi) is 5.61. The van der Waals surface area contributed by atoms with Gasteiger partial charge in [-0.2, -0.15) is 5.10 Å². The fraction of sp³-hybridized carbons (Fsp3) is 0.375. The molecule has 12 heteroatoms. The van der Waals surface area contributed by atoms with Crippen molar-refractivity contribution in [1.82, 2.24) is 9.78 Å². The number of nitrogens with one attached hydrogen (secondary N) is 1. The van der Waals surface area contributed by atoms with E-state index in [-0.39, 0.29) is 11.8 Å². The van der Waals surface area contributed by atoms with E-state index in [0.717, 1.165) is 43.9 Å². The van der Waals surface area contributed by atoms with E-state index in [1.807, 2.05) is 0 Å². The van der Waals surface area contributed by atoms with E-state index in [9.17, 15) is 23.3 Å². The van der Waals surface area contributed by atoms with Gasteiger partial charge in [0.15, 0.2) is 12.4 Å². The Balaban J connectivity index is 1.68. The van der Waals surface area contributed by atoms with Crippen LogP contribution in [0.5, 0.6) is 5.75 Å². The molecule has 1 aliphatic carbocycles. The van der Waals surface area contributed by atoms with Gasteiger partial charge in [0.05, 0.1) is 22.1 Å². The fourth-order valence-corrected chi connectivity index (χ4v) is 3.65. The van der Waals surface area contributed by atoms with Crippen molar-refractivity contribution >= 4 is 27.4 Å². The number of carbonyl (C=O) groups excluding carboxylic acids is 1. The Bertz CT molecular complexity index is 997. The smallest absolute Gasteiger partial charge is 0.312 e. The molecule has 0 radical (unpaired) electrons. The largest absolute Gasteiger partial charge is 0.477 e. The molecule has 1 aromatic carbocycles. The Hall–Kier alpha value is -2.99. The standard InChI is InChI=1S/C16H19N5O6S/c17-28(25,26)12-5-6-14(13(9-12)21(23)24)27-10-16(22)19-15-7-8-18-20(15)11-3-1-2-4-11/h5-9,11H,1-4,10H2,(H,19,22)(H2,17,25,26). The van der Waals surface area contributed by atoms with Gasteiger partial charge in [0.25, 0.3) is 5.91 Å². The average Bonchev–Trinajstić information content (AvgIpc) is 3.30. The number of anilines is 1. The minimum absolute atomic E-state index is 0.234. The highest BCUT2D eigenvalue weighted by molar-refractivity contribution is 7.89. The maximum absolute atomic E-state index is 12.2. The van der Waals surface area contributed by atoms with Gasteiger partial charge >= 0.3 is 5.69 Å². The SMILES string of the molecule is NS(=O)(=O)c1ccc(OCC(=O)Nc2ccnn2C2CCCC2)c([N+](=O)[O-])c1. The third-order valence-corrected chi connectivity index (χ3v) is 5.33. The monoisotopic (exact) mass is 409 g/mol. The van der Waals surface area contributed by atoms with Crippen LogP contribution in [0.25, 0.3) is 0 Å². The van der Waals surface area contributed by atoms with Gasteiger partial charge in [0.2, 0.25) is 10.0 Å². The first-order valence-electron chi connectivity index (χ1n) is 8.53. The number of sulfonamides is 1. The van der Waals surface area contributed by atoms with Crippen molar-refractivity contribution in [1.29, 1.82) is 0 Å². The third-order valence-electron chi connectivity index (χ3n) is 4.42. The molecular formula is C16H19N5O6S. The highest BCUT2D eigenvalue weighted by Gasteiger charge is 2.22. The highest BCUT2D eigenvalue weighted by Crippen LogP contribution is 2.31. The van der Waals surface area contributed by atoms with E-state index in [2.05, 4.69) is 10.4 Å². The second-order valence-electron chi connectivity index (χ2n) is 6.37. The summed E-state index contributed by atoms with van der Waals surface area (Å²) in [6.07, 6.45) is 5.79. The molecule has 3 N–H and O–H groups in total. The molecule has 0 aliphatic heterocycles. The van der Waals surface area contributed by atoms with Crippen LogP contribution in [0.1, 0.15) is 31.7 Å². The number of hydrogen-bond donors (Lipinski definition) is 2. The molecule has 1 fully saturated rings. The summed E-state index contributed by atoms with van der Waals surface area (Å²) in [5.74, 6) is -0.235. The molecule has 150 valence electrons. The van der Waals surface area contributed by atoms with Crippen LogP contribution in [0, 0.1) is 10.1 Å². The van der Waals surface area contributed by atoms with E-state index in [1.54, 1.807) is 16.9 Å². The summed E-state index contributed by atoms with van der Waals surface area (Å²) < 4.78 is 29.7. The van der Waals surface area contributed by atoms with E-state index < -0.39 is 38.0 Å². The van der Waals surface area contributed by atoms with Gasteiger partial charge in [-0.3, -0.25) is 14.9 Å². The van der Waals surface area contributed by atoms with Crippen LogP contribution in [-0.4, -0.2) is 35.6 Å². The van der Waals surface area contributed by atoms with E-state index in [4.69, 9.17) is 9.88 Å². The predicted molar refractivity (Wildman–Crippen MR) is 98.3 cm³/mol. The van der Waals surface area contributed by atoms with Crippen molar-refractivity contribution in [2.24, 2.45) is 5.14 Å². The number of amides is 1. The lowest BCUT2D eigenvalue weighted by Crippen LogP contribution is -2.23. The van der Waals surface area contributed by atoms with Gasteiger partial charge in [0.1, 0.15) is 5.82 Å². The summed E-state index contributed by atoms with van der Waals surface area (Å²) in [7, 11) is -4.10. The fourth-order valence-electron chi connectivity index (χ4n) is 3.11. The zero-order valence-electron chi connectivity index (χ0n) is 14.8. The number of benzene rings is 1. The van der Waals surface area contributed by atoms with Gasteiger partial charge < -0.3 is 10.1 Å². The zero-order valence-corrected chi connectivity index (χ0v) is 15.6. The number of nitrogens with zero attached hydrogens (tertiary/aromatic N) is 3. The van der Waals surface area contributed by atoms with Crippen molar-refractivity contribution in [3.05, 3.63) is 40.6 Å². The number of primary sulfonamides is 1. The van der Waals surface area contributed by atoms with E-state index >= 15 is 0 Å². The lowest BCUT2D eigenvalue weighted by Gasteiger charge is -2.14. The first-order chi connectivity index (χ1) is 13.3. The molecular weight excluding hydrogens is 390 g/mol. The molecule has 0 unspecified atom stereocenters. The molecule has 0 atom stereocenters. The van der Waals surface area contributed by atoms with Crippen LogP contribution in [0.4, 0.5) is 11.5 Å². The number of hydrogen-bond acceptors (Lipinski definition) is 7. The average molecular weight is 409 g/mol. The maximum Gasteiger partial charge on any atom is 0.312 e. The number of nitro groups is 1. The molecule has 1 amide bonds. The lowest BCUT2D eigenvalue weighted by molar-refractivity contribution is -0.386. The summed E-state index contributed by atoms with van der Waals surface area (Å²) in [5.41, 5.74) is -0.602. The van der Waals surface area contributed by atoms with Crippen LogP contribution in [-0.2, 0) is 14.8 Å².